The molecule has 0 heterocycles. The molecule has 0 aliphatic carbocycles. The lowest BCUT2D eigenvalue weighted by Gasteiger charge is -2.04. The van der Waals surface area contributed by atoms with Crippen LogP contribution in [0.4, 0.5) is 0 Å². The zero-order valence-electron chi connectivity index (χ0n) is 5.73. The van der Waals surface area contributed by atoms with E-state index in [1.807, 2.05) is 0 Å². The summed E-state index contributed by atoms with van der Waals surface area (Å²) >= 11 is 11.1. The van der Waals surface area contributed by atoms with E-state index in [-0.39, 0.29) is 16.5 Å². The van der Waals surface area contributed by atoms with E-state index in [9.17, 15) is 0 Å². The Morgan fingerprint density at radius 3 is 2.18 bits per heavy atom. The molecule has 0 unspecified atom stereocenters. The number of phenols is 2. The molecule has 1 aromatic rings. The summed E-state index contributed by atoms with van der Waals surface area (Å²) in [6.45, 7) is 1.59. The second kappa shape index (κ2) is 2.80. The second-order valence-corrected chi connectivity index (χ2v) is 2.98. The van der Waals surface area contributed by atoms with Gasteiger partial charge in [0.1, 0.15) is 0 Å². The van der Waals surface area contributed by atoms with Gasteiger partial charge in [-0.1, -0.05) is 23.2 Å². The van der Waals surface area contributed by atoms with E-state index in [0.29, 0.717) is 10.6 Å². The van der Waals surface area contributed by atoms with Gasteiger partial charge in [0.25, 0.3) is 0 Å². The molecular formula is C7H6Cl2O2. The van der Waals surface area contributed by atoms with Crippen molar-refractivity contribution in [2.75, 3.05) is 0 Å². The Morgan fingerprint density at radius 1 is 1.09 bits per heavy atom. The van der Waals surface area contributed by atoms with Gasteiger partial charge < -0.3 is 10.2 Å². The zero-order valence-corrected chi connectivity index (χ0v) is 7.24. The molecule has 0 fully saturated rings. The van der Waals surface area contributed by atoms with Crippen LogP contribution in [0.15, 0.2) is 6.07 Å². The maximum Gasteiger partial charge on any atom is 0.176 e. The maximum absolute atomic E-state index is 9.15. The van der Waals surface area contributed by atoms with Crippen LogP contribution in [-0.4, -0.2) is 10.2 Å². The molecule has 2 N–H and O–H groups in total. The first-order valence-electron chi connectivity index (χ1n) is 2.90. The Kier molecular flexibility index (Phi) is 2.16. The van der Waals surface area contributed by atoms with Gasteiger partial charge in [-0.25, -0.2) is 0 Å². The molecule has 0 spiro atoms. The van der Waals surface area contributed by atoms with Gasteiger partial charge in [-0.15, -0.1) is 0 Å². The first-order valence-corrected chi connectivity index (χ1v) is 3.66. The summed E-state index contributed by atoms with van der Waals surface area (Å²) in [7, 11) is 0. The molecule has 0 aliphatic rings. The molecule has 0 aromatic heterocycles. The average Bonchev–Trinajstić information content (AvgIpc) is 1.97. The van der Waals surface area contributed by atoms with Crippen LogP contribution in [0.25, 0.3) is 0 Å². The number of hydrogen-bond acceptors (Lipinski definition) is 2. The van der Waals surface area contributed by atoms with Crippen LogP contribution >= 0.6 is 23.2 Å². The summed E-state index contributed by atoms with van der Waals surface area (Å²) in [5.74, 6) is -0.587. The van der Waals surface area contributed by atoms with Crippen molar-refractivity contribution < 1.29 is 10.2 Å². The topological polar surface area (TPSA) is 40.5 Å². The lowest BCUT2D eigenvalue weighted by atomic mass is 10.2. The lowest BCUT2D eigenvalue weighted by molar-refractivity contribution is 0.401. The number of benzene rings is 1. The van der Waals surface area contributed by atoms with Gasteiger partial charge in [0.2, 0.25) is 0 Å². The molecular weight excluding hydrogens is 187 g/mol. The average molecular weight is 193 g/mol. The van der Waals surface area contributed by atoms with E-state index >= 15 is 0 Å². The summed E-state index contributed by atoms with van der Waals surface area (Å²) in [6.07, 6.45) is 0. The molecule has 2 nitrogen and oxygen atoms in total. The standard InChI is InChI=1S/C7H6Cl2O2/c1-3-4(8)2-5(9)7(11)6(3)10/h2,10-11H,1H3. The SMILES string of the molecule is Cc1c(Cl)cc(Cl)c(O)c1O. The normalized spacial score (nSPS) is 10.1. The van der Waals surface area contributed by atoms with Crippen LogP contribution < -0.4 is 0 Å². The van der Waals surface area contributed by atoms with Gasteiger partial charge in [-0.3, -0.25) is 0 Å². The first kappa shape index (κ1) is 8.50. The quantitative estimate of drug-likeness (QED) is 0.621. The van der Waals surface area contributed by atoms with E-state index in [1.165, 1.54) is 6.07 Å². The predicted octanol–water partition coefficient (Wildman–Crippen LogP) is 2.71. The van der Waals surface area contributed by atoms with E-state index in [4.69, 9.17) is 33.4 Å². The van der Waals surface area contributed by atoms with Crippen molar-refractivity contribution in [1.82, 2.24) is 0 Å². The highest BCUT2D eigenvalue weighted by molar-refractivity contribution is 6.36. The number of phenolic OH excluding ortho intramolecular Hbond substituents is 2. The van der Waals surface area contributed by atoms with Crippen LogP contribution in [0.3, 0.4) is 0 Å². The van der Waals surface area contributed by atoms with Crippen LogP contribution in [0.2, 0.25) is 10.0 Å². The minimum Gasteiger partial charge on any atom is -0.504 e. The largest absolute Gasteiger partial charge is 0.504 e. The van der Waals surface area contributed by atoms with Crippen LogP contribution in [-0.2, 0) is 0 Å². The van der Waals surface area contributed by atoms with Crippen molar-refractivity contribution in [3.05, 3.63) is 21.7 Å². The number of aromatic hydroxyl groups is 2. The number of rotatable bonds is 0. The van der Waals surface area contributed by atoms with Gasteiger partial charge >= 0.3 is 0 Å². The summed E-state index contributed by atoms with van der Waals surface area (Å²) in [5, 5.41) is 18.6. The fourth-order valence-electron chi connectivity index (χ4n) is 0.692. The fraction of sp³-hybridized carbons (Fsp3) is 0.143. The van der Waals surface area contributed by atoms with Gasteiger partial charge in [0.15, 0.2) is 11.5 Å². The van der Waals surface area contributed by atoms with E-state index in [2.05, 4.69) is 0 Å². The third-order valence-corrected chi connectivity index (χ3v) is 2.10. The molecule has 1 aromatic carbocycles. The first-order chi connectivity index (χ1) is 5.04. The molecule has 0 aliphatic heterocycles. The number of hydrogen-bond donors (Lipinski definition) is 2. The van der Waals surface area contributed by atoms with Gasteiger partial charge in [0, 0.05) is 10.6 Å². The summed E-state index contributed by atoms with van der Waals surface area (Å²) in [4.78, 5) is 0. The zero-order chi connectivity index (χ0) is 8.59. The summed E-state index contributed by atoms with van der Waals surface area (Å²) < 4.78 is 0. The molecule has 0 bridgehead atoms. The third kappa shape index (κ3) is 1.37. The minimum absolute atomic E-state index is 0.0538. The van der Waals surface area contributed by atoms with Crippen molar-refractivity contribution in [2.45, 2.75) is 6.92 Å². The van der Waals surface area contributed by atoms with Crippen molar-refractivity contribution in [1.29, 1.82) is 0 Å². The molecule has 0 saturated carbocycles. The monoisotopic (exact) mass is 192 g/mol. The van der Waals surface area contributed by atoms with E-state index in [0.717, 1.165) is 0 Å². The Bertz CT molecular complexity index is 271. The summed E-state index contributed by atoms with van der Waals surface area (Å²) in [6, 6.07) is 1.38. The summed E-state index contributed by atoms with van der Waals surface area (Å²) in [5.41, 5.74) is 0.425. The second-order valence-electron chi connectivity index (χ2n) is 2.16. The van der Waals surface area contributed by atoms with Crippen LogP contribution in [0.1, 0.15) is 5.56 Å². The van der Waals surface area contributed by atoms with E-state index in [1.54, 1.807) is 6.92 Å². The molecule has 0 saturated heterocycles. The molecule has 11 heavy (non-hydrogen) atoms. The van der Waals surface area contributed by atoms with E-state index < -0.39 is 0 Å². The van der Waals surface area contributed by atoms with Crippen molar-refractivity contribution in [3.8, 4) is 11.5 Å². The Labute approximate surface area is 74.0 Å². The maximum atomic E-state index is 9.15. The highest BCUT2D eigenvalue weighted by Gasteiger charge is 2.10. The highest BCUT2D eigenvalue weighted by atomic mass is 35.5. The van der Waals surface area contributed by atoms with Gasteiger partial charge in [0.05, 0.1) is 5.02 Å². The molecule has 60 valence electrons. The molecule has 1 rings (SSSR count). The Hall–Kier alpha value is -0.600. The fourth-order valence-corrected chi connectivity index (χ4v) is 1.14. The minimum atomic E-state index is -0.325. The van der Waals surface area contributed by atoms with Crippen LogP contribution in [0.5, 0.6) is 11.5 Å². The van der Waals surface area contributed by atoms with Gasteiger partial charge in [-0.2, -0.15) is 0 Å². The molecule has 0 radical (unpaired) electrons. The van der Waals surface area contributed by atoms with Gasteiger partial charge in [-0.05, 0) is 13.0 Å². The van der Waals surface area contributed by atoms with Crippen molar-refractivity contribution in [2.24, 2.45) is 0 Å². The molecule has 4 heteroatoms. The Balaban J connectivity index is 3.46. The number of halogens is 2. The Morgan fingerprint density at radius 2 is 1.64 bits per heavy atom. The third-order valence-electron chi connectivity index (χ3n) is 1.42. The highest BCUT2D eigenvalue weighted by Crippen LogP contribution is 2.39. The van der Waals surface area contributed by atoms with Crippen LogP contribution in [0, 0.1) is 6.92 Å². The lowest BCUT2D eigenvalue weighted by Crippen LogP contribution is -1.79. The predicted molar refractivity (Wildman–Crippen MR) is 44.5 cm³/mol. The van der Waals surface area contributed by atoms with Crippen molar-refractivity contribution in [3.63, 3.8) is 0 Å². The molecule has 0 amide bonds. The smallest absolute Gasteiger partial charge is 0.176 e. The van der Waals surface area contributed by atoms with Crippen molar-refractivity contribution >= 4 is 23.2 Å². The molecule has 0 atom stereocenters.